The quantitative estimate of drug-likeness (QED) is 0.884. The number of hydrogen-bond donors (Lipinski definition) is 2. The zero-order chi connectivity index (χ0) is 13.8. The topological polar surface area (TPSA) is 60.4 Å². The third-order valence-electron chi connectivity index (χ3n) is 2.69. The number of hydrogen-bond acceptors (Lipinski definition) is 4. The highest BCUT2D eigenvalue weighted by Crippen LogP contribution is 2.29. The summed E-state index contributed by atoms with van der Waals surface area (Å²) in [5, 5.41) is 3.18. The van der Waals surface area contributed by atoms with Crippen LogP contribution in [0, 0.1) is 5.82 Å². The molecule has 3 N–H and O–H groups in total. The summed E-state index contributed by atoms with van der Waals surface area (Å²) in [5.74, 6) is 0.474. The standard InChI is InChI=1S/C13H14BrFN2O2/c1-18-12-6-8(2-3-10(12)15)17-11(7-16)13-9(14)4-5-19-13/h2-6,11,17H,7,16H2,1H3. The lowest BCUT2D eigenvalue weighted by molar-refractivity contribution is 0.386. The molecule has 0 aliphatic carbocycles. The highest BCUT2D eigenvalue weighted by Gasteiger charge is 2.17. The smallest absolute Gasteiger partial charge is 0.165 e. The lowest BCUT2D eigenvalue weighted by Crippen LogP contribution is -2.20. The number of anilines is 1. The van der Waals surface area contributed by atoms with E-state index in [4.69, 9.17) is 14.9 Å². The second-order valence-corrected chi connectivity index (χ2v) is 4.77. The molecule has 1 atom stereocenters. The van der Waals surface area contributed by atoms with Gasteiger partial charge in [0.05, 0.1) is 23.9 Å². The number of nitrogens with two attached hydrogens (primary N) is 1. The number of furan rings is 1. The molecule has 0 saturated carbocycles. The number of ether oxygens (including phenoxy) is 1. The molecule has 1 heterocycles. The molecule has 1 aromatic carbocycles. The zero-order valence-corrected chi connectivity index (χ0v) is 11.9. The lowest BCUT2D eigenvalue weighted by Gasteiger charge is -2.17. The van der Waals surface area contributed by atoms with Gasteiger partial charge in [-0.3, -0.25) is 0 Å². The molecule has 0 amide bonds. The van der Waals surface area contributed by atoms with Crippen molar-refractivity contribution >= 4 is 21.6 Å². The van der Waals surface area contributed by atoms with Crippen LogP contribution in [0.15, 0.2) is 39.4 Å². The van der Waals surface area contributed by atoms with Gasteiger partial charge in [0.15, 0.2) is 11.6 Å². The maximum Gasteiger partial charge on any atom is 0.165 e. The molecule has 2 aromatic rings. The van der Waals surface area contributed by atoms with E-state index in [0.717, 1.165) is 4.47 Å². The van der Waals surface area contributed by atoms with E-state index in [0.29, 0.717) is 18.0 Å². The predicted molar refractivity (Wildman–Crippen MR) is 74.8 cm³/mol. The third-order valence-corrected chi connectivity index (χ3v) is 3.34. The van der Waals surface area contributed by atoms with Crippen molar-refractivity contribution in [3.05, 3.63) is 46.6 Å². The Balaban J connectivity index is 2.21. The molecule has 0 fully saturated rings. The van der Waals surface area contributed by atoms with Gasteiger partial charge in [0.2, 0.25) is 0 Å². The molecule has 0 bridgehead atoms. The molecule has 0 spiro atoms. The van der Waals surface area contributed by atoms with Crippen molar-refractivity contribution in [2.45, 2.75) is 6.04 Å². The first-order chi connectivity index (χ1) is 9.15. The molecule has 1 unspecified atom stereocenters. The first-order valence-electron chi connectivity index (χ1n) is 5.68. The molecular weight excluding hydrogens is 315 g/mol. The fourth-order valence-electron chi connectivity index (χ4n) is 1.74. The summed E-state index contributed by atoms with van der Waals surface area (Å²) in [5.41, 5.74) is 6.44. The van der Waals surface area contributed by atoms with Crippen LogP contribution in [0.5, 0.6) is 5.75 Å². The maximum atomic E-state index is 13.3. The highest BCUT2D eigenvalue weighted by molar-refractivity contribution is 9.10. The Kier molecular flexibility index (Phi) is 4.44. The molecule has 102 valence electrons. The van der Waals surface area contributed by atoms with Gasteiger partial charge in [0.1, 0.15) is 5.76 Å². The normalized spacial score (nSPS) is 12.2. The van der Waals surface area contributed by atoms with Crippen LogP contribution in [0.3, 0.4) is 0 Å². The number of rotatable bonds is 5. The van der Waals surface area contributed by atoms with Crippen molar-refractivity contribution < 1.29 is 13.5 Å². The Morgan fingerprint density at radius 2 is 2.26 bits per heavy atom. The molecule has 0 saturated heterocycles. The van der Waals surface area contributed by atoms with E-state index in [9.17, 15) is 4.39 Å². The summed E-state index contributed by atoms with van der Waals surface area (Å²) in [6.45, 7) is 0.339. The van der Waals surface area contributed by atoms with Gasteiger partial charge >= 0.3 is 0 Å². The van der Waals surface area contributed by atoms with Crippen molar-refractivity contribution in [1.29, 1.82) is 0 Å². The van der Waals surface area contributed by atoms with E-state index >= 15 is 0 Å². The molecule has 0 aliphatic rings. The van der Waals surface area contributed by atoms with E-state index in [2.05, 4.69) is 21.2 Å². The number of benzene rings is 1. The second-order valence-electron chi connectivity index (χ2n) is 3.91. The first kappa shape index (κ1) is 13.9. The molecule has 1 aromatic heterocycles. The summed E-state index contributed by atoms with van der Waals surface area (Å²) in [6.07, 6.45) is 1.58. The summed E-state index contributed by atoms with van der Waals surface area (Å²) in [4.78, 5) is 0. The summed E-state index contributed by atoms with van der Waals surface area (Å²) >= 11 is 3.39. The van der Waals surface area contributed by atoms with E-state index in [1.807, 2.05) is 0 Å². The van der Waals surface area contributed by atoms with Gasteiger partial charge in [-0.2, -0.15) is 0 Å². The second kappa shape index (κ2) is 6.08. The zero-order valence-electron chi connectivity index (χ0n) is 10.3. The molecular formula is C13H14BrFN2O2. The van der Waals surface area contributed by atoms with Gasteiger partial charge in [-0.15, -0.1) is 0 Å². The monoisotopic (exact) mass is 328 g/mol. The average Bonchev–Trinajstić information content (AvgIpc) is 2.84. The van der Waals surface area contributed by atoms with Crippen molar-refractivity contribution in [3.63, 3.8) is 0 Å². The molecule has 2 rings (SSSR count). The Morgan fingerprint density at radius 1 is 1.47 bits per heavy atom. The minimum Gasteiger partial charge on any atom is -0.494 e. The van der Waals surface area contributed by atoms with E-state index in [1.165, 1.54) is 13.2 Å². The SMILES string of the molecule is COc1cc(NC(CN)c2occc2Br)ccc1F. The van der Waals surface area contributed by atoms with Crippen LogP contribution in [0.4, 0.5) is 10.1 Å². The number of halogens is 2. The Labute approximate surface area is 118 Å². The van der Waals surface area contributed by atoms with Crippen LogP contribution < -0.4 is 15.8 Å². The molecule has 0 aliphatic heterocycles. The van der Waals surface area contributed by atoms with Gasteiger partial charge in [-0.05, 0) is 34.1 Å². The minimum atomic E-state index is -0.406. The fraction of sp³-hybridized carbons (Fsp3) is 0.231. The first-order valence-corrected chi connectivity index (χ1v) is 6.48. The van der Waals surface area contributed by atoms with Gasteiger partial charge in [0.25, 0.3) is 0 Å². The van der Waals surface area contributed by atoms with Gasteiger partial charge in [0, 0.05) is 18.3 Å². The number of methoxy groups -OCH3 is 1. The van der Waals surface area contributed by atoms with Crippen molar-refractivity contribution in [2.24, 2.45) is 5.73 Å². The summed E-state index contributed by atoms with van der Waals surface area (Å²) < 4.78 is 24.5. The maximum absolute atomic E-state index is 13.3. The van der Waals surface area contributed by atoms with E-state index in [1.54, 1.807) is 24.5 Å². The van der Waals surface area contributed by atoms with Gasteiger partial charge < -0.3 is 20.2 Å². The minimum absolute atomic E-state index is 0.180. The lowest BCUT2D eigenvalue weighted by atomic mass is 10.2. The van der Waals surface area contributed by atoms with Crippen molar-refractivity contribution in [2.75, 3.05) is 19.0 Å². The summed E-state index contributed by atoms with van der Waals surface area (Å²) in [6, 6.07) is 6.13. The molecule has 0 radical (unpaired) electrons. The predicted octanol–water partition coefficient (Wildman–Crippen LogP) is 3.30. The van der Waals surface area contributed by atoms with Crippen LogP contribution >= 0.6 is 15.9 Å². The third kappa shape index (κ3) is 3.08. The Hall–Kier alpha value is -1.53. The van der Waals surface area contributed by atoms with Crippen LogP contribution in [-0.2, 0) is 0 Å². The van der Waals surface area contributed by atoms with Crippen LogP contribution in [0.2, 0.25) is 0 Å². The van der Waals surface area contributed by atoms with Crippen molar-refractivity contribution in [1.82, 2.24) is 0 Å². The summed E-state index contributed by atoms with van der Waals surface area (Å²) in [7, 11) is 1.42. The molecule has 6 heteroatoms. The number of nitrogens with one attached hydrogen (secondary N) is 1. The molecule has 4 nitrogen and oxygen atoms in total. The van der Waals surface area contributed by atoms with Gasteiger partial charge in [-0.25, -0.2) is 4.39 Å². The highest BCUT2D eigenvalue weighted by atomic mass is 79.9. The molecule has 19 heavy (non-hydrogen) atoms. The van der Waals surface area contributed by atoms with Crippen molar-refractivity contribution in [3.8, 4) is 5.75 Å². The van der Waals surface area contributed by atoms with Crippen LogP contribution in [0.25, 0.3) is 0 Å². The van der Waals surface area contributed by atoms with Gasteiger partial charge in [-0.1, -0.05) is 0 Å². The Morgan fingerprint density at radius 3 is 2.84 bits per heavy atom. The largest absolute Gasteiger partial charge is 0.494 e. The van der Waals surface area contributed by atoms with E-state index < -0.39 is 5.82 Å². The van der Waals surface area contributed by atoms with Crippen LogP contribution in [-0.4, -0.2) is 13.7 Å². The van der Waals surface area contributed by atoms with Crippen LogP contribution in [0.1, 0.15) is 11.8 Å². The fourth-order valence-corrected chi connectivity index (χ4v) is 2.21. The average molecular weight is 329 g/mol. The van der Waals surface area contributed by atoms with E-state index in [-0.39, 0.29) is 11.8 Å². The Bertz CT molecular complexity index is 559.